The van der Waals surface area contributed by atoms with Crippen LogP contribution >= 0.6 is 11.6 Å². The second kappa shape index (κ2) is 7.28. The summed E-state index contributed by atoms with van der Waals surface area (Å²) in [6.45, 7) is 1.92. The number of carbonyl (C=O) groups excluding carboxylic acids is 1. The number of nitrogens with zero attached hydrogens (tertiary/aromatic N) is 5. The minimum Gasteiger partial charge on any atom is -0.496 e. The van der Waals surface area contributed by atoms with Crippen molar-refractivity contribution in [2.75, 3.05) is 7.11 Å². The molecule has 10 heteroatoms. The van der Waals surface area contributed by atoms with Gasteiger partial charge in [0.2, 0.25) is 0 Å². The summed E-state index contributed by atoms with van der Waals surface area (Å²) < 4.78 is 12.1. The lowest BCUT2D eigenvalue weighted by atomic mass is 10.2. The van der Waals surface area contributed by atoms with E-state index in [-0.39, 0.29) is 12.5 Å². The minimum atomic E-state index is -0.325. The molecule has 4 rings (SSSR count). The van der Waals surface area contributed by atoms with Crippen LogP contribution in [-0.4, -0.2) is 37.8 Å². The van der Waals surface area contributed by atoms with E-state index in [0.29, 0.717) is 39.5 Å². The number of rotatable bonds is 5. The van der Waals surface area contributed by atoms with Gasteiger partial charge in [-0.05, 0) is 37.3 Å². The van der Waals surface area contributed by atoms with Crippen LogP contribution in [0.3, 0.4) is 0 Å². The van der Waals surface area contributed by atoms with Crippen molar-refractivity contribution in [2.45, 2.75) is 13.5 Å². The SMILES string of the molecule is COc1ccc(Cl)cc1C(=O)NCc1nnc2cc(-c3nc(C)no3)ccn12. The van der Waals surface area contributed by atoms with Crippen molar-refractivity contribution >= 4 is 23.2 Å². The average Bonchev–Trinajstić information content (AvgIpc) is 3.31. The van der Waals surface area contributed by atoms with E-state index < -0.39 is 0 Å². The maximum absolute atomic E-state index is 12.5. The quantitative estimate of drug-likeness (QED) is 0.550. The first-order valence-corrected chi connectivity index (χ1v) is 8.69. The molecule has 142 valence electrons. The average molecular weight is 399 g/mol. The van der Waals surface area contributed by atoms with Gasteiger partial charge in [0.15, 0.2) is 17.3 Å². The van der Waals surface area contributed by atoms with Gasteiger partial charge in [0.25, 0.3) is 11.8 Å². The predicted molar refractivity (Wildman–Crippen MR) is 100 cm³/mol. The molecule has 3 aromatic heterocycles. The van der Waals surface area contributed by atoms with E-state index in [4.69, 9.17) is 20.9 Å². The van der Waals surface area contributed by atoms with Gasteiger partial charge >= 0.3 is 0 Å². The highest BCUT2D eigenvalue weighted by Gasteiger charge is 2.15. The summed E-state index contributed by atoms with van der Waals surface area (Å²) >= 11 is 5.98. The first-order valence-electron chi connectivity index (χ1n) is 8.31. The summed E-state index contributed by atoms with van der Waals surface area (Å²) in [6, 6.07) is 8.45. The zero-order valence-electron chi connectivity index (χ0n) is 15.0. The number of benzene rings is 1. The molecule has 0 radical (unpaired) electrons. The number of halogens is 1. The summed E-state index contributed by atoms with van der Waals surface area (Å²) in [5.41, 5.74) is 1.68. The third-order valence-corrected chi connectivity index (χ3v) is 4.30. The molecule has 1 N–H and O–H groups in total. The van der Waals surface area contributed by atoms with E-state index in [9.17, 15) is 4.79 Å². The molecule has 0 unspecified atom stereocenters. The molecular formula is C18H15ClN6O3. The minimum absolute atomic E-state index is 0.175. The number of aromatic nitrogens is 5. The zero-order valence-corrected chi connectivity index (χ0v) is 15.8. The molecule has 0 aliphatic heterocycles. The monoisotopic (exact) mass is 398 g/mol. The van der Waals surface area contributed by atoms with Crippen molar-refractivity contribution in [1.29, 1.82) is 0 Å². The Bertz CT molecular complexity index is 1170. The van der Waals surface area contributed by atoms with Crippen molar-refractivity contribution < 1.29 is 14.1 Å². The molecule has 9 nitrogen and oxygen atoms in total. The van der Waals surface area contributed by atoms with Gasteiger partial charge in [0.05, 0.1) is 19.2 Å². The van der Waals surface area contributed by atoms with E-state index in [1.165, 1.54) is 7.11 Å². The Morgan fingerprint density at radius 1 is 1.29 bits per heavy atom. The lowest BCUT2D eigenvalue weighted by Gasteiger charge is -2.09. The molecular weight excluding hydrogens is 384 g/mol. The van der Waals surface area contributed by atoms with Gasteiger partial charge in [-0.15, -0.1) is 10.2 Å². The molecule has 0 atom stereocenters. The number of aryl methyl sites for hydroxylation is 1. The molecule has 0 saturated carbocycles. The van der Waals surface area contributed by atoms with Crippen LogP contribution in [0.15, 0.2) is 41.1 Å². The molecule has 0 aliphatic carbocycles. The van der Waals surface area contributed by atoms with Crippen molar-refractivity contribution in [3.05, 3.63) is 58.8 Å². The molecule has 0 spiro atoms. The van der Waals surface area contributed by atoms with Crippen LogP contribution in [0.2, 0.25) is 5.02 Å². The van der Waals surface area contributed by atoms with Gasteiger partial charge in [-0.3, -0.25) is 9.20 Å². The van der Waals surface area contributed by atoms with Crippen LogP contribution in [-0.2, 0) is 6.54 Å². The molecule has 0 aliphatic rings. The van der Waals surface area contributed by atoms with Crippen LogP contribution in [0.25, 0.3) is 17.1 Å². The molecule has 0 fully saturated rings. The van der Waals surface area contributed by atoms with E-state index in [2.05, 4.69) is 25.7 Å². The molecule has 1 amide bonds. The lowest BCUT2D eigenvalue weighted by molar-refractivity contribution is 0.0946. The van der Waals surface area contributed by atoms with Gasteiger partial charge in [0, 0.05) is 16.8 Å². The summed E-state index contributed by atoms with van der Waals surface area (Å²) in [4.78, 5) is 16.7. The number of hydrogen-bond donors (Lipinski definition) is 1. The topological polar surface area (TPSA) is 107 Å². The van der Waals surface area contributed by atoms with Crippen molar-refractivity contribution in [2.24, 2.45) is 0 Å². The number of pyridine rings is 1. The number of carbonyl (C=O) groups is 1. The van der Waals surface area contributed by atoms with E-state index in [1.807, 2.05) is 6.07 Å². The van der Waals surface area contributed by atoms with E-state index in [0.717, 1.165) is 5.56 Å². The van der Waals surface area contributed by atoms with Crippen molar-refractivity contribution in [3.63, 3.8) is 0 Å². The predicted octanol–water partition coefficient (Wildman–Crippen LogP) is 2.68. The summed E-state index contributed by atoms with van der Waals surface area (Å²) in [7, 11) is 1.49. The Labute approximate surface area is 164 Å². The Morgan fingerprint density at radius 2 is 2.14 bits per heavy atom. The van der Waals surface area contributed by atoms with Crippen LogP contribution in [0, 0.1) is 6.92 Å². The Balaban J connectivity index is 1.54. The largest absolute Gasteiger partial charge is 0.496 e. The third kappa shape index (κ3) is 3.39. The summed E-state index contributed by atoms with van der Waals surface area (Å²) in [5, 5.41) is 15.3. The van der Waals surface area contributed by atoms with Gasteiger partial charge < -0.3 is 14.6 Å². The summed E-state index contributed by atoms with van der Waals surface area (Å²) in [6.07, 6.45) is 1.78. The highest BCUT2D eigenvalue weighted by Crippen LogP contribution is 2.23. The number of fused-ring (bicyclic) bond motifs is 1. The van der Waals surface area contributed by atoms with Crippen LogP contribution in [0.5, 0.6) is 5.75 Å². The normalized spacial score (nSPS) is 11.0. The smallest absolute Gasteiger partial charge is 0.258 e. The van der Waals surface area contributed by atoms with E-state index >= 15 is 0 Å². The van der Waals surface area contributed by atoms with Crippen molar-refractivity contribution in [1.82, 2.24) is 30.1 Å². The zero-order chi connectivity index (χ0) is 19.7. The fourth-order valence-corrected chi connectivity index (χ4v) is 2.89. The number of methoxy groups -OCH3 is 1. The molecule has 0 saturated heterocycles. The van der Waals surface area contributed by atoms with Gasteiger partial charge in [-0.25, -0.2) is 0 Å². The first kappa shape index (κ1) is 17.9. The van der Waals surface area contributed by atoms with Gasteiger partial charge in [0.1, 0.15) is 5.75 Å². The maximum atomic E-state index is 12.5. The standard InChI is InChI=1S/C18H15ClN6O3/c1-10-21-18(28-24-10)11-5-6-25-15(7-11)22-23-16(25)9-20-17(26)13-8-12(19)3-4-14(13)27-2/h3-8H,9H2,1-2H3,(H,20,26). The number of nitrogens with one attached hydrogen (secondary N) is 1. The Hall–Kier alpha value is -3.46. The number of amides is 1. The van der Waals surface area contributed by atoms with Crippen LogP contribution < -0.4 is 10.1 Å². The molecule has 4 aromatic rings. The lowest BCUT2D eigenvalue weighted by Crippen LogP contribution is -2.24. The molecule has 0 bridgehead atoms. The van der Waals surface area contributed by atoms with Gasteiger partial charge in [-0.1, -0.05) is 16.8 Å². The number of ether oxygens (including phenoxy) is 1. The fraction of sp³-hybridized carbons (Fsp3) is 0.167. The van der Waals surface area contributed by atoms with Crippen molar-refractivity contribution in [3.8, 4) is 17.2 Å². The highest BCUT2D eigenvalue weighted by atomic mass is 35.5. The molecule has 28 heavy (non-hydrogen) atoms. The van der Waals surface area contributed by atoms with Gasteiger partial charge in [-0.2, -0.15) is 4.98 Å². The van der Waals surface area contributed by atoms with Crippen LogP contribution in [0.4, 0.5) is 0 Å². The van der Waals surface area contributed by atoms with Crippen LogP contribution in [0.1, 0.15) is 22.0 Å². The maximum Gasteiger partial charge on any atom is 0.258 e. The van der Waals surface area contributed by atoms with E-state index in [1.54, 1.807) is 41.8 Å². The molecule has 3 heterocycles. The molecule has 1 aromatic carbocycles. The first-order chi connectivity index (χ1) is 13.5. The second-order valence-corrected chi connectivity index (χ2v) is 6.37. The number of hydrogen-bond acceptors (Lipinski definition) is 7. The second-order valence-electron chi connectivity index (χ2n) is 5.93. The Morgan fingerprint density at radius 3 is 2.89 bits per heavy atom. The summed E-state index contributed by atoms with van der Waals surface area (Å²) in [5.74, 6) is 1.64. The highest BCUT2D eigenvalue weighted by molar-refractivity contribution is 6.31. The fourth-order valence-electron chi connectivity index (χ4n) is 2.72. The Kier molecular flexibility index (Phi) is 4.66. The third-order valence-electron chi connectivity index (χ3n) is 4.07.